The van der Waals surface area contributed by atoms with Crippen molar-refractivity contribution in [3.8, 4) is 17.2 Å². The second kappa shape index (κ2) is 8.80. The number of hydrogen-bond acceptors (Lipinski definition) is 4. The first kappa shape index (κ1) is 18.4. The van der Waals surface area contributed by atoms with Crippen molar-refractivity contribution in [1.82, 2.24) is 0 Å². The first-order valence-electron chi connectivity index (χ1n) is 7.22. The van der Waals surface area contributed by atoms with E-state index in [2.05, 4.69) is 21.2 Å². The lowest BCUT2D eigenvalue weighted by Gasteiger charge is -2.14. The number of rotatable bonds is 7. The Bertz CT molecular complexity index is 724. The van der Waals surface area contributed by atoms with E-state index in [0.717, 1.165) is 0 Å². The molecular formula is C17H17BrClNO4. The summed E-state index contributed by atoms with van der Waals surface area (Å²) >= 11 is 9.41. The maximum Gasteiger partial charge on any atom is 0.262 e. The highest BCUT2D eigenvalue weighted by Gasteiger charge is 2.14. The van der Waals surface area contributed by atoms with Crippen LogP contribution in [0.4, 0.5) is 5.69 Å². The number of anilines is 1. The van der Waals surface area contributed by atoms with Crippen LogP contribution in [0.2, 0.25) is 5.02 Å². The van der Waals surface area contributed by atoms with Crippen molar-refractivity contribution in [3.05, 3.63) is 45.9 Å². The van der Waals surface area contributed by atoms with Gasteiger partial charge in [0.15, 0.2) is 23.9 Å². The van der Waals surface area contributed by atoms with E-state index in [9.17, 15) is 4.79 Å². The molecule has 0 saturated heterocycles. The van der Waals surface area contributed by atoms with E-state index in [0.29, 0.717) is 39.0 Å². The van der Waals surface area contributed by atoms with Crippen LogP contribution in [-0.4, -0.2) is 26.2 Å². The lowest BCUT2D eigenvalue weighted by molar-refractivity contribution is -0.118. The van der Waals surface area contributed by atoms with Gasteiger partial charge in [-0.25, -0.2) is 0 Å². The van der Waals surface area contributed by atoms with E-state index in [1.165, 1.54) is 0 Å². The van der Waals surface area contributed by atoms with Gasteiger partial charge in [-0.15, -0.1) is 0 Å². The maximum absolute atomic E-state index is 12.2. The number of methoxy groups -OCH3 is 1. The van der Waals surface area contributed by atoms with Gasteiger partial charge in [-0.2, -0.15) is 0 Å². The molecule has 0 unspecified atom stereocenters. The fourth-order valence-corrected chi connectivity index (χ4v) is 2.94. The van der Waals surface area contributed by atoms with Crippen LogP contribution in [0.15, 0.2) is 40.9 Å². The molecule has 0 saturated carbocycles. The summed E-state index contributed by atoms with van der Waals surface area (Å²) < 4.78 is 16.9. The SMILES string of the molecule is CCOc1c(Br)cc(Cl)cc1NC(=O)COc1ccccc1OC. The van der Waals surface area contributed by atoms with E-state index in [-0.39, 0.29) is 12.5 Å². The third-order valence-electron chi connectivity index (χ3n) is 3.00. The molecule has 2 aromatic carbocycles. The number of ether oxygens (including phenoxy) is 3. The minimum Gasteiger partial charge on any atom is -0.493 e. The number of hydrogen-bond donors (Lipinski definition) is 1. The van der Waals surface area contributed by atoms with E-state index in [4.69, 9.17) is 25.8 Å². The predicted molar refractivity (Wildman–Crippen MR) is 97.4 cm³/mol. The zero-order valence-electron chi connectivity index (χ0n) is 13.3. The molecule has 0 radical (unpaired) electrons. The Morgan fingerprint density at radius 2 is 1.92 bits per heavy atom. The Morgan fingerprint density at radius 1 is 1.21 bits per heavy atom. The average Bonchev–Trinajstić information content (AvgIpc) is 2.56. The van der Waals surface area contributed by atoms with Crippen molar-refractivity contribution in [1.29, 1.82) is 0 Å². The zero-order chi connectivity index (χ0) is 17.5. The predicted octanol–water partition coefficient (Wildman–Crippen LogP) is 4.53. The van der Waals surface area contributed by atoms with Gasteiger partial charge in [-0.05, 0) is 47.1 Å². The summed E-state index contributed by atoms with van der Waals surface area (Å²) in [5.74, 6) is 1.24. The molecule has 1 N–H and O–H groups in total. The minimum atomic E-state index is -0.337. The molecule has 1 amide bonds. The van der Waals surface area contributed by atoms with Crippen LogP contribution in [0, 0.1) is 0 Å². The Morgan fingerprint density at radius 3 is 2.58 bits per heavy atom. The van der Waals surface area contributed by atoms with Crippen molar-refractivity contribution in [3.63, 3.8) is 0 Å². The van der Waals surface area contributed by atoms with Gasteiger partial charge in [0.25, 0.3) is 5.91 Å². The van der Waals surface area contributed by atoms with Crippen LogP contribution >= 0.6 is 27.5 Å². The van der Waals surface area contributed by atoms with Gasteiger partial charge in [0.2, 0.25) is 0 Å². The van der Waals surface area contributed by atoms with Crippen LogP contribution in [0.25, 0.3) is 0 Å². The molecule has 0 aliphatic rings. The van der Waals surface area contributed by atoms with E-state index in [1.54, 1.807) is 37.4 Å². The monoisotopic (exact) mass is 413 g/mol. The molecule has 0 bridgehead atoms. The average molecular weight is 415 g/mol. The quantitative estimate of drug-likeness (QED) is 0.723. The fraction of sp³-hybridized carbons (Fsp3) is 0.235. The number of amides is 1. The highest BCUT2D eigenvalue weighted by molar-refractivity contribution is 9.10. The number of para-hydroxylation sites is 2. The molecule has 0 aromatic heterocycles. The summed E-state index contributed by atoms with van der Waals surface area (Å²) in [4.78, 5) is 12.2. The maximum atomic E-state index is 12.2. The molecule has 0 aliphatic carbocycles. The summed E-state index contributed by atoms with van der Waals surface area (Å²) in [5, 5.41) is 3.22. The topological polar surface area (TPSA) is 56.8 Å². The Kier molecular flexibility index (Phi) is 6.75. The standard InChI is InChI=1S/C17H17BrClNO4/c1-3-23-17-12(18)8-11(19)9-13(17)20-16(21)10-24-15-7-5-4-6-14(15)22-2/h4-9H,3,10H2,1-2H3,(H,20,21). The van der Waals surface area contributed by atoms with Crippen molar-refractivity contribution >= 4 is 39.1 Å². The van der Waals surface area contributed by atoms with Crippen LogP contribution in [-0.2, 0) is 4.79 Å². The second-order valence-electron chi connectivity index (χ2n) is 4.69. The van der Waals surface area contributed by atoms with E-state index >= 15 is 0 Å². The molecular weight excluding hydrogens is 398 g/mol. The first-order valence-corrected chi connectivity index (χ1v) is 8.39. The molecule has 24 heavy (non-hydrogen) atoms. The van der Waals surface area contributed by atoms with Crippen LogP contribution in [0.3, 0.4) is 0 Å². The van der Waals surface area contributed by atoms with Gasteiger partial charge < -0.3 is 19.5 Å². The van der Waals surface area contributed by atoms with Crippen molar-refractivity contribution < 1.29 is 19.0 Å². The van der Waals surface area contributed by atoms with Crippen molar-refractivity contribution in [2.45, 2.75) is 6.92 Å². The van der Waals surface area contributed by atoms with Gasteiger partial charge in [0.05, 0.1) is 23.9 Å². The molecule has 0 spiro atoms. The second-order valence-corrected chi connectivity index (χ2v) is 5.98. The normalized spacial score (nSPS) is 10.2. The summed E-state index contributed by atoms with van der Waals surface area (Å²) in [6, 6.07) is 10.4. The van der Waals surface area contributed by atoms with Crippen molar-refractivity contribution in [2.24, 2.45) is 0 Å². The number of benzene rings is 2. The number of halogens is 2. The van der Waals surface area contributed by atoms with Gasteiger partial charge >= 0.3 is 0 Å². The molecule has 2 aromatic rings. The highest BCUT2D eigenvalue weighted by Crippen LogP contribution is 2.36. The van der Waals surface area contributed by atoms with Crippen LogP contribution in [0.1, 0.15) is 6.92 Å². The van der Waals surface area contributed by atoms with Gasteiger partial charge in [0.1, 0.15) is 0 Å². The van der Waals surface area contributed by atoms with Crippen LogP contribution in [0.5, 0.6) is 17.2 Å². The lowest BCUT2D eigenvalue weighted by atomic mass is 10.3. The Hall–Kier alpha value is -1.92. The molecule has 0 aliphatic heterocycles. The first-order chi connectivity index (χ1) is 11.5. The smallest absolute Gasteiger partial charge is 0.262 e. The Labute approximate surface area is 154 Å². The van der Waals surface area contributed by atoms with Crippen molar-refractivity contribution in [2.75, 3.05) is 25.6 Å². The van der Waals surface area contributed by atoms with Gasteiger partial charge in [0, 0.05) is 5.02 Å². The molecule has 0 fully saturated rings. The molecule has 5 nitrogen and oxygen atoms in total. The van der Waals surface area contributed by atoms with Crippen LogP contribution < -0.4 is 19.5 Å². The summed E-state index contributed by atoms with van der Waals surface area (Å²) in [5.41, 5.74) is 0.477. The van der Waals surface area contributed by atoms with Gasteiger partial charge in [-0.1, -0.05) is 23.7 Å². The minimum absolute atomic E-state index is 0.171. The molecule has 0 heterocycles. The summed E-state index contributed by atoms with van der Waals surface area (Å²) in [6.07, 6.45) is 0. The number of carbonyl (C=O) groups excluding carboxylic acids is 1. The molecule has 7 heteroatoms. The number of nitrogens with one attached hydrogen (secondary N) is 1. The van der Waals surface area contributed by atoms with Gasteiger partial charge in [-0.3, -0.25) is 4.79 Å². The lowest BCUT2D eigenvalue weighted by Crippen LogP contribution is -2.21. The highest BCUT2D eigenvalue weighted by atomic mass is 79.9. The molecule has 0 atom stereocenters. The Balaban J connectivity index is 2.07. The molecule has 2 rings (SSSR count). The number of carbonyl (C=O) groups is 1. The summed E-state index contributed by atoms with van der Waals surface area (Å²) in [6.45, 7) is 2.15. The third-order valence-corrected chi connectivity index (χ3v) is 3.81. The van der Waals surface area contributed by atoms with E-state index < -0.39 is 0 Å². The zero-order valence-corrected chi connectivity index (χ0v) is 15.6. The molecule has 128 valence electrons. The largest absolute Gasteiger partial charge is 0.493 e. The fourth-order valence-electron chi connectivity index (χ4n) is 2.01. The van der Waals surface area contributed by atoms with E-state index in [1.807, 2.05) is 13.0 Å². The third kappa shape index (κ3) is 4.79. The summed E-state index contributed by atoms with van der Waals surface area (Å²) in [7, 11) is 1.54.